The Labute approximate surface area is 189 Å². The first-order valence-corrected chi connectivity index (χ1v) is 9.66. The minimum atomic E-state index is 0. The van der Waals surface area contributed by atoms with Crippen molar-refractivity contribution < 1.29 is 9.53 Å². The zero-order valence-electron chi connectivity index (χ0n) is 17.1. The number of fused-ring (bicyclic) bond motifs is 1. The van der Waals surface area contributed by atoms with E-state index in [1.807, 2.05) is 38.1 Å². The fraction of sp³-hybridized carbons (Fsp3) is 0.364. The van der Waals surface area contributed by atoms with Crippen LogP contribution in [0.4, 0.5) is 5.69 Å². The second-order valence-electron chi connectivity index (χ2n) is 6.88. The number of carbonyl (C=O) groups excluding carboxylic acids is 1. The summed E-state index contributed by atoms with van der Waals surface area (Å²) in [5, 5.41) is 9.62. The molecule has 0 saturated heterocycles. The Kier molecular flexibility index (Phi) is 8.75. The van der Waals surface area contributed by atoms with Crippen molar-refractivity contribution in [2.24, 2.45) is 4.99 Å². The number of rotatable bonds is 6. The molecule has 1 atom stereocenters. The smallest absolute Gasteiger partial charge is 0.225 e. The van der Waals surface area contributed by atoms with Gasteiger partial charge >= 0.3 is 0 Å². The molecule has 156 valence electrons. The molecule has 0 saturated carbocycles. The minimum Gasteiger partial charge on any atom is -0.494 e. The van der Waals surface area contributed by atoms with Gasteiger partial charge in [0.1, 0.15) is 5.75 Å². The van der Waals surface area contributed by atoms with E-state index >= 15 is 0 Å². The van der Waals surface area contributed by atoms with E-state index in [2.05, 4.69) is 39.1 Å². The highest BCUT2D eigenvalue weighted by atomic mass is 127. The Morgan fingerprint density at radius 3 is 2.76 bits per heavy atom. The van der Waals surface area contributed by atoms with Crippen LogP contribution in [-0.4, -0.2) is 32.1 Å². The summed E-state index contributed by atoms with van der Waals surface area (Å²) in [5.41, 5.74) is 4.34. The molecular formula is C22H29IN4O2. The molecule has 1 aliphatic heterocycles. The third-order valence-electron chi connectivity index (χ3n) is 4.85. The van der Waals surface area contributed by atoms with E-state index in [1.165, 1.54) is 0 Å². The van der Waals surface area contributed by atoms with Gasteiger partial charge in [-0.15, -0.1) is 24.0 Å². The molecule has 29 heavy (non-hydrogen) atoms. The van der Waals surface area contributed by atoms with Crippen molar-refractivity contribution in [1.29, 1.82) is 0 Å². The standard InChI is InChI=1S/C22H28N4O2.HI/c1-4-28-20-10-9-16(11-15(20)2)13-24-22(23-3)25-14-17-12-21(27)26-19-8-6-5-7-18(17)19;/h5-11,17H,4,12-14H2,1-3H3,(H,26,27)(H2,23,24,25);1H. The maximum Gasteiger partial charge on any atom is 0.225 e. The zero-order valence-corrected chi connectivity index (χ0v) is 19.4. The first kappa shape index (κ1) is 23.0. The van der Waals surface area contributed by atoms with Gasteiger partial charge in [-0.25, -0.2) is 0 Å². The Morgan fingerprint density at radius 2 is 2.03 bits per heavy atom. The average molecular weight is 508 g/mol. The highest BCUT2D eigenvalue weighted by molar-refractivity contribution is 14.0. The Morgan fingerprint density at radius 1 is 1.24 bits per heavy atom. The molecule has 2 aromatic rings. The minimum absolute atomic E-state index is 0. The lowest BCUT2D eigenvalue weighted by Crippen LogP contribution is -2.40. The number of nitrogens with zero attached hydrogens (tertiary/aromatic N) is 1. The number of ether oxygens (including phenoxy) is 1. The number of guanidine groups is 1. The number of amides is 1. The molecule has 3 rings (SSSR count). The normalized spacial score (nSPS) is 15.6. The number of para-hydroxylation sites is 1. The number of anilines is 1. The molecule has 1 aliphatic rings. The van der Waals surface area contributed by atoms with Crippen LogP contribution >= 0.6 is 24.0 Å². The summed E-state index contributed by atoms with van der Waals surface area (Å²) in [6.45, 7) is 6.00. The van der Waals surface area contributed by atoms with Crippen LogP contribution in [0.5, 0.6) is 5.75 Å². The zero-order chi connectivity index (χ0) is 19.9. The van der Waals surface area contributed by atoms with Crippen LogP contribution < -0.4 is 20.7 Å². The number of hydrogen-bond donors (Lipinski definition) is 3. The number of hydrogen-bond acceptors (Lipinski definition) is 3. The molecule has 0 bridgehead atoms. The third kappa shape index (κ3) is 6.09. The van der Waals surface area contributed by atoms with E-state index in [-0.39, 0.29) is 35.8 Å². The number of halogens is 1. The Balaban J connectivity index is 0.00000300. The van der Waals surface area contributed by atoms with E-state index in [4.69, 9.17) is 4.74 Å². The predicted molar refractivity (Wildman–Crippen MR) is 128 cm³/mol. The van der Waals surface area contributed by atoms with Crippen LogP contribution in [0.2, 0.25) is 0 Å². The molecule has 0 aliphatic carbocycles. The van der Waals surface area contributed by atoms with Gasteiger partial charge in [-0.3, -0.25) is 9.79 Å². The number of benzene rings is 2. The van der Waals surface area contributed by atoms with Gasteiger partial charge < -0.3 is 20.7 Å². The number of carbonyl (C=O) groups is 1. The first-order valence-electron chi connectivity index (χ1n) is 9.66. The second-order valence-corrected chi connectivity index (χ2v) is 6.88. The van der Waals surface area contributed by atoms with Gasteiger partial charge in [-0.05, 0) is 42.7 Å². The maximum absolute atomic E-state index is 12.0. The fourth-order valence-corrected chi connectivity index (χ4v) is 3.45. The molecule has 3 N–H and O–H groups in total. The van der Waals surface area contributed by atoms with E-state index in [0.29, 0.717) is 26.1 Å². The van der Waals surface area contributed by atoms with Crippen LogP contribution in [0.3, 0.4) is 0 Å². The summed E-state index contributed by atoms with van der Waals surface area (Å²) in [4.78, 5) is 16.3. The molecule has 1 heterocycles. The van der Waals surface area contributed by atoms with Gasteiger partial charge in [0.2, 0.25) is 5.91 Å². The monoisotopic (exact) mass is 508 g/mol. The van der Waals surface area contributed by atoms with E-state index in [1.54, 1.807) is 7.05 Å². The van der Waals surface area contributed by atoms with E-state index in [0.717, 1.165) is 34.1 Å². The van der Waals surface area contributed by atoms with E-state index < -0.39 is 0 Å². The van der Waals surface area contributed by atoms with Gasteiger partial charge in [-0.1, -0.05) is 30.3 Å². The number of aliphatic imine (C=N–C) groups is 1. The van der Waals surface area contributed by atoms with Gasteiger partial charge in [0.25, 0.3) is 0 Å². The van der Waals surface area contributed by atoms with Crippen LogP contribution in [0.1, 0.15) is 36.0 Å². The van der Waals surface area contributed by atoms with Crippen molar-refractivity contribution in [3.05, 3.63) is 59.2 Å². The summed E-state index contributed by atoms with van der Waals surface area (Å²) in [5.74, 6) is 1.81. The van der Waals surface area contributed by atoms with Crippen molar-refractivity contribution in [2.45, 2.75) is 32.7 Å². The lowest BCUT2D eigenvalue weighted by atomic mass is 9.90. The average Bonchev–Trinajstić information content (AvgIpc) is 2.70. The van der Waals surface area contributed by atoms with E-state index in [9.17, 15) is 4.79 Å². The summed E-state index contributed by atoms with van der Waals surface area (Å²) < 4.78 is 5.59. The first-order chi connectivity index (χ1) is 13.6. The number of nitrogens with one attached hydrogen (secondary N) is 3. The van der Waals surface area contributed by atoms with Gasteiger partial charge in [-0.2, -0.15) is 0 Å². The van der Waals surface area contributed by atoms with Crippen LogP contribution in [0.25, 0.3) is 0 Å². The molecule has 0 spiro atoms. The maximum atomic E-state index is 12.0. The lowest BCUT2D eigenvalue weighted by molar-refractivity contribution is -0.116. The van der Waals surface area contributed by atoms with Crippen molar-refractivity contribution in [3.8, 4) is 5.75 Å². The van der Waals surface area contributed by atoms with Crippen molar-refractivity contribution in [3.63, 3.8) is 0 Å². The topological polar surface area (TPSA) is 74.8 Å². The molecule has 1 amide bonds. The van der Waals surface area contributed by atoms with Crippen molar-refractivity contribution in [2.75, 3.05) is 25.5 Å². The van der Waals surface area contributed by atoms with Crippen molar-refractivity contribution in [1.82, 2.24) is 10.6 Å². The molecule has 2 aromatic carbocycles. The fourth-order valence-electron chi connectivity index (χ4n) is 3.45. The van der Waals surface area contributed by atoms with Crippen molar-refractivity contribution >= 4 is 41.5 Å². The molecule has 0 fully saturated rings. The summed E-state index contributed by atoms with van der Waals surface area (Å²) in [7, 11) is 1.75. The van der Waals surface area contributed by atoms with Crippen LogP contribution in [0.15, 0.2) is 47.5 Å². The lowest BCUT2D eigenvalue weighted by Gasteiger charge is -2.26. The van der Waals surface area contributed by atoms with Gasteiger partial charge in [0, 0.05) is 38.2 Å². The summed E-state index contributed by atoms with van der Waals surface area (Å²) in [6, 6.07) is 14.1. The predicted octanol–water partition coefficient (Wildman–Crippen LogP) is 3.80. The molecule has 6 nitrogen and oxygen atoms in total. The molecular weight excluding hydrogens is 479 g/mol. The summed E-state index contributed by atoms with van der Waals surface area (Å²) in [6.07, 6.45) is 0.471. The van der Waals surface area contributed by atoms with Gasteiger partial charge in [0.15, 0.2) is 5.96 Å². The van der Waals surface area contributed by atoms with Crippen LogP contribution in [0, 0.1) is 6.92 Å². The Hall–Kier alpha value is -2.29. The third-order valence-corrected chi connectivity index (χ3v) is 4.85. The highest BCUT2D eigenvalue weighted by Gasteiger charge is 2.24. The SMILES string of the molecule is CCOc1ccc(CNC(=NC)NCC2CC(=O)Nc3ccccc32)cc1C.I. The number of aryl methyl sites for hydroxylation is 1. The largest absolute Gasteiger partial charge is 0.494 e. The van der Waals surface area contributed by atoms with Gasteiger partial charge in [0.05, 0.1) is 6.61 Å². The molecule has 0 aromatic heterocycles. The quantitative estimate of drug-likeness (QED) is 0.315. The Bertz CT molecular complexity index is 870. The molecule has 0 radical (unpaired) electrons. The van der Waals surface area contributed by atoms with Crippen LogP contribution in [-0.2, 0) is 11.3 Å². The molecule has 1 unspecified atom stereocenters. The second kappa shape index (κ2) is 11.0. The highest BCUT2D eigenvalue weighted by Crippen LogP contribution is 2.31. The molecule has 7 heteroatoms. The summed E-state index contributed by atoms with van der Waals surface area (Å²) >= 11 is 0.